The fraction of sp³-hybridized carbons (Fsp3) is 0.0588. The van der Waals surface area contributed by atoms with Crippen LogP contribution < -0.4 is 5.32 Å². The van der Waals surface area contributed by atoms with E-state index in [1.165, 1.54) is 6.92 Å². The van der Waals surface area contributed by atoms with Crippen molar-refractivity contribution in [2.24, 2.45) is 0 Å². The molecular formula is C17H13NO2. The van der Waals surface area contributed by atoms with E-state index >= 15 is 0 Å². The molecule has 0 unspecified atom stereocenters. The Kier molecular flexibility index (Phi) is 2.95. The van der Waals surface area contributed by atoms with E-state index in [2.05, 4.69) is 11.4 Å². The second kappa shape index (κ2) is 4.78. The maximum Gasteiger partial charge on any atom is 0.221 e. The molecular weight excluding hydrogens is 250 g/mol. The third kappa shape index (κ3) is 2.03. The molecule has 0 fully saturated rings. The number of rotatable bonds is 2. The summed E-state index contributed by atoms with van der Waals surface area (Å²) in [6.45, 7) is 1.44. The van der Waals surface area contributed by atoms with Crippen molar-refractivity contribution in [3.8, 4) is 0 Å². The van der Waals surface area contributed by atoms with Crippen LogP contribution in [-0.4, -0.2) is 12.2 Å². The Morgan fingerprint density at radius 1 is 1.00 bits per heavy atom. The summed E-state index contributed by atoms with van der Waals surface area (Å²) < 4.78 is 0. The monoisotopic (exact) mass is 263 g/mol. The minimum Gasteiger partial charge on any atom is -0.325 e. The van der Waals surface area contributed by atoms with E-state index in [1.807, 2.05) is 36.4 Å². The second-order valence-electron chi connectivity index (χ2n) is 4.75. The number of anilines is 1. The Hall–Kier alpha value is -2.68. The summed E-state index contributed by atoms with van der Waals surface area (Å²) in [4.78, 5) is 22.5. The predicted molar refractivity (Wildman–Crippen MR) is 81.1 cm³/mol. The van der Waals surface area contributed by atoms with Crippen LogP contribution in [0.1, 0.15) is 17.3 Å². The minimum absolute atomic E-state index is 0.186. The quantitative estimate of drug-likeness (QED) is 0.565. The van der Waals surface area contributed by atoms with Gasteiger partial charge in [0, 0.05) is 17.9 Å². The van der Waals surface area contributed by atoms with Gasteiger partial charge >= 0.3 is 0 Å². The van der Waals surface area contributed by atoms with Gasteiger partial charge in [0.25, 0.3) is 0 Å². The van der Waals surface area contributed by atoms with E-state index in [9.17, 15) is 9.59 Å². The maximum absolute atomic E-state index is 11.4. The summed E-state index contributed by atoms with van der Waals surface area (Å²) in [6, 6.07) is 15.7. The van der Waals surface area contributed by atoms with Gasteiger partial charge in [-0.05, 0) is 34.4 Å². The summed E-state index contributed by atoms with van der Waals surface area (Å²) >= 11 is 0. The second-order valence-corrected chi connectivity index (χ2v) is 4.75. The Morgan fingerprint density at radius 2 is 1.70 bits per heavy atom. The zero-order valence-corrected chi connectivity index (χ0v) is 11.0. The number of carbonyl (C=O) groups excluding carboxylic acids is 2. The number of fused-ring (bicyclic) bond motifs is 2. The highest BCUT2D eigenvalue weighted by molar-refractivity contribution is 6.11. The molecule has 0 bridgehead atoms. The lowest BCUT2D eigenvalue weighted by Gasteiger charge is -2.11. The molecule has 3 aromatic carbocycles. The molecule has 0 saturated heterocycles. The van der Waals surface area contributed by atoms with Crippen molar-refractivity contribution in [2.75, 3.05) is 5.32 Å². The molecule has 1 N–H and O–H groups in total. The van der Waals surface area contributed by atoms with Gasteiger partial charge in [0.1, 0.15) is 0 Å². The third-order valence-electron chi connectivity index (χ3n) is 3.35. The van der Waals surface area contributed by atoms with E-state index in [-0.39, 0.29) is 5.91 Å². The highest BCUT2D eigenvalue weighted by Crippen LogP contribution is 2.30. The normalized spacial score (nSPS) is 10.7. The summed E-state index contributed by atoms with van der Waals surface area (Å²) in [5, 5.41) is 6.85. The van der Waals surface area contributed by atoms with Crippen LogP contribution in [0.4, 0.5) is 5.69 Å². The molecule has 0 atom stereocenters. The summed E-state index contributed by atoms with van der Waals surface area (Å²) in [6.07, 6.45) is 0.764. The molecule has 98 valence electrons. The van der Waals surface area contributed by atoms with Crippen LogP contribution in [-0.2, 0) is 4.79 Å². The lowest BCUT2D eigenvalue weighted by atomic mass is 10.00. The summed E-state index contributed by atoms with van der Waals surface area (Å²) in [7, 11) is 0. The van der Waals surface area contributed by atoms with Crippen LogP contribution in [0.5, 0.6) is 0 Å². The largest absolute Gasteiger partial charge is 0.325 e. The van der Waals surface area contributed by atoms with Gasteiger partial charge < -0.3 is 5.32 Å². The molecule has 0 aliphatic rings. The average molecular weight is 263 g/mol. The number of carbonyl (C=O) groups is 2. The molecule has 0 aliphatic heterocycles. The number of benzene rings is 3. The van der Waals surface area contributed by atoms with Crippen molar-refractivity contribution in [1.82, 2.24) is 0 Å². The lowest BCUT2D eigenvalue weighted by Crippen LogP contribution is -2.08. The molecule has 0 saturated carbocycles. The zero-order chi connectivity index (χ0) is 14.1. The molecule has 3 aromatic rings. The van der Waals surface area contributed by atoms with Crippen molar-refractivity contribution in [3.63, 3.8) is 0 Å². The van der Waals surface area contributed by atoms with Gasteiger partial charge in [0.05, 0.1) is 5.69 Å². The third-order valence-corrected chi connectivity index (χ3v) is 3.35. The van der Waals surface area contributed by atoms with E-state index in [1.54, 1.807) is 6.07 Å². The highest BCUT2D eigenvalue weighted by atomic mass is 16.1. The van der Waals surface area contributed by atoms with Crippen LogP contribution >= 0.6 is 0 Å². The number of amides is 1. The Labute approximate surface area is 116 Å². The molecule has 3 nitrogen and oxygen atoms in total. The van der Waals surface area contributed by atoms with Crippen molar-refractivity contribution in [3.05, 3.63) is 54.1 Å². The zero-order valence-electron chi connectivity index (χ0n) is 11.0. The number of nitrogens with one attached hydrogen (secondary N) is 1. The average Bonchev–Trinajstić information content (AvgIpc) is 2.45. The fourth-order valence-electron chi connectivity index (χ4n) is 2.44. The molecule has 0 aromatic heterocycles. The van der Waals surface area contributed by atoms with Crippen LogP contribution in [0.3, 0.4) is 0 Å². The molecule has 0 spiro atoms. The molecule has 1 amide bonds. The highest BCUT2D eigenvalue weighted by Gasteiger charge is 2.09. The molecule has 0 aliphatic carbocycles. The number of hydrogen-bond acceptors (Lipinski definition) is 2. The minimum atomic E-state index is -0.186. The van der Waals surface area contributed by atoms with Crippen molar-refractivity contribution < 1.29 is 9.59 Å². The van der Waals surface area contributed by atoms with E-state index in [4.69, 9.17) is 0 Å². The van der Waals surface area contributed by atoms with Gasteiger partial charge in [-0.3, -0.25) is 9.59 Å². The smallest absolute Gasteiger partial charge is 0.221 e. The summed E-state index contributed by atoms with van der Waals surface area (Å²) in [5.41, 5.74) is 1.07. The first-order valence-corrected chi connectivity index (χ1v) is 6.37. The standard InChI is InChI=1S/C17H13NO2/c1-11(20)18-17-15(10-19)7-6-14-8-12-4-2-3-5-13(12)9-16(14)17/h2-10H,1H3,(H,18,20). The summed E-state index contributed by atoms with van der Waals surface area (Å²) in [5.74, 6) is -0.186. The van der Waals surface area contributed by atoms with Gasteiger partial charge in [-0.1, -0.05) is 30.3 Å². The van der Waals surface area contributed by atoms with Crippen LogP contribution in [0.2, 0.25) is 0 Å². The van der Waals surface area contributed by atoms with Crippen molar-refractivity contribution in [2.45, 2.75) is 6.92 Å². The predicted octanol–water partition coefficient (Wildman–Crippen LogP) is 3.76. The number of aldehydes is 1. The van der Waals surface area contributed by atoms with Gasteiger partial charge in [-0.2, -0.15) is 0 Å². The van der Waals surface area contributed by atoms with E-state index < -0.39 is 0 Å². The first-order valence-electron chi connectivity index (χ1n) is 6.37. The van der Waals surface area contributed by atoms with Crippen LogP contribution in [0.15, 0.2) is 48.5 Å². The molecule has 0 heterocycles. The first-order chi connectivity index (χ1) is 9.69. The van der Waals surface area contributed by atoms with Crippen LogP contribution in [0.25, 0.3) is 21.5 Å². The fourth-order valence-corrected chi connectivity index (χ4v) is 2.44. The lowest BCUT2D eigenvalue weighted by molar-refractivity contribution is -0.114. The maximum atomic E-state index is 11.4. The van der Waals surface area contributed by atoms with Crippen LogP contribution in [0, 0.1) is 0 Å². The Bertz CT molecular complexity index is 837. The Balaban J connectivity index is 2.39. The van der Waals surface area contributed by atoms with E-state index in [0.717, 1.165) is 27.8 Å². The molecule has 3 rings (SSSR count). The van der Waals surface area contributed by atoms with Gasteiger partial charge in [-0.15, -0.1) is 0 Å². The van der Waals surface area contributed by atoms with Crippen molar-refractivity contribution in [1.29, 1.82) is 0 Å². The molecule has 3 heteroatoms. The van der Waals surface area contributed by atoms with Crippen molar-refractivity contribution >= 4 is 39.4 Å². The molecule has 0 radical (unpaired) electrons. The molecule has 20 heavy (non-hydrogen) atoms. The van der Waals surface area contributed by atoms with E-state index in [0.29, 0.717) is 11.3 Å². The Morgan fingerprint density at radius 3 is 2.35 bits per heavy atom. The SMILES string of the molecule is CC(=O)Nc1c(C=O)ccc2cc3ccccc3cc12. The van der Waals surface area contributed by atoms with Gasteiger partial charge in [-0.25, -0.2) is 0 Å². The number of hydrogen-bond donors (Lipinski definition) is 1. The topological polar surface area (TPSA) is 46.2 Å². The van der Waals surface area contributed by atoms with Gasteiger partial charge in [0.15, 0.2) is 6.29 Å². The first kappa shape index (κ1) is 12.4. The van der Waals surface area contributed by atoms with Gasteiger partial charge in [0.2, 0.25) is 5.91 Å².